The average Bonchev–Trinajstić information content (AvgIpc) is 2.47. The fourth-order valence-corrected chi connectivity index (χ4v) is 1.87. The summed E-state index contributed by atoms with van der Waals surface area (Å²) >= 11 is 0. The van der Waals surface area contributed by atoms with Crippen LogP contribution in [-0.4, -0.2) is 15.0 Å². The molecule has 0 bridgehead atoms. The first-order chi connectivity index (χ1) is 6.88. The summed E-state index contributed by atoms with van der Waals surface area (Å²) in [6, 6.07) is 0.386. The smallest absolute Gasteiger partial charge is 0.0864 e. The Morgan fingerprint density at radius 1 is 1.27 bits per heavy atom. The summed E-state index contributed by atoms with van der Waals surface area (Å²) in [5.74, 6) is 0. The number of hydrogen-bond acceptors (Lipinski definition) is 2. The van der Waals surface area contributed by atoms with E-state index in [4.69, 9.17) is 0 Å². The average molecular weight is 209 g/mol. The number of aromatic nitrogens is 3. The Bertz CT molecular complexity index is 318. The van der Waals surface area contributed by atoms with Crippen molar-refractivity contribution >= 4 is 0 Å². The lowest BCUT2D eigenvalue weighted by Gasteiger charge is -2.22. The van der Waals surface area contributed by atoms with E-state index in [0.717, 1.165) is 12.8 Å². The second-order valence-corrected chi connectivity index (χ2v) is 5.42. The molecular weight excluding hydrogens is 186 g/mol. The van der Waals surface area contributed by atoms with E-state index in [1.807, 2.05) is 0 Å². The molecule has 0 aromatic carbocycles. The molecular formula is C12H23N3. The topological polar surface area (TPSA) is 30.7 Å². The molecule has 0 atom stereocenters. The van der Waals surface area contributed by atoms with Gasteiger partial charge in [-0.05, 0) is 20.3 Å². The highest BCUT2D eigenvalue weighted by molar-refractivity contribution is 5.19. The highest BCUT2D eigenvalue weighted by Crippen LogP contribution is 2.27. The van der Waals surface area contributed by atoms with Gasteiger partial charge in [0, 0.05) is 11.5 Å². The lowest BCUT2D eigenvalue weighted by molar-refractivity contribution is 0.438. The van der Waals surface area contributed by atoms with Crippen molar-refractivity contribution < 1.29 is 0 Å². The van der Waals surface area contributed by atoms with Crippen molar-refractivity contribution in [2.75, 3.05) is 0 Å². The molecule has 0 aliphatic rings. The Kier molecular flexibility index (Phi) is 3.53. The minimum absolute atomic E-state index is 0.123. The van der Waals surface area contributed by atoms with Crippen LogP contribution in [0, 0.1) is 0 Å². The summed E-state index contributed by atoms with van der Waals surface area (Å²) in [6.45, 7) is 13.2. The van der Waals surface area contributed by atoms with Crippen molar-refractivity contribution in [1.82, 2.24) is 15.0 Å². The highest BCUT2D eigenvalue weighted by Gasteiger charge is 2.25. The quantitative estimate of drug-likeness (QED) is 0.765. The minimum atomic E-state index is 0.123. The van der Waals surface area contributed by atoms with E-state index in [2.05, 4.69) is 56.5 Å². The second-order valence-electron chi connectivity index (χ2n) is 5.42. The maximum atomic E-state index is 4.31. The largest absolute Gasteiger partial charge is 0.246 e. The van der Waals surface area contributed by atoms with Crippen molar-refractivity contribution in [3.8, 4) is 0 Å². The van der Waals surface area contributed by atoms with Crippen LogP contribution < -0.4 is 0 Å². The van der Waals surface area contributed by atoms with Gasteiger partial charge in [-0.1, -0.05) is 39.3 Å². The Morgan fingerprint density at radius 3 is 2.27 bits per heavy atom. The SMILES string of the molecule is CCCc1nnn(C(C)C)c1C(C)(C)C. The van der Waals surface area contributed by atoms with Gasteiger partial charge in [0.1, 0.15) is 0 Å². The standard InChI is InChI=1S/C12H23N3/c1-7-8-10-11(12(4,5)6)15(9(2)3)14-13-10/h9H,7-8H2,1-6H3. The molecule has 0 aliphatic heterocycles. The van der Waals surface area contributed by atoms with Crippen LogP contribution in [-0.2, 0) is 11.8 Å². The van der Waals surface area contributed by atoms with E-state index < -0.39 is 0 Å². The molecule has 0 fully saturated rings. The van der Waals surface area contributed by atoms with Gasteiger partial charge in [0.2, 0.25) is 0 Å². The first kappa shape index (κ1) is 12.2. The summed E-state index contributed by atoms with van der Waals surface area (Å²) in [4.78, 5) is 0. The van der Waals surface area contributed by atoms with E-state index in [-0.39, 0.29) is 5.41 Å². The molecule has 3 heteroatoms. The van der Waals surface area contributed by atoms with Crippen LogP contribution in [0.15, 0.2) is 0 Å². The number of rotatable bonds is 3. The number of nitrogens with zero attached hydrogens (tertiary/aromatic N) is 3. The predicted octanol–water partition coefficient (Wildman–Crippen LogP) is 3.11. The molecule has 0 amide bonds. The Labute approximate surface area is 92.9 Å². The molecule has 0 saturated heterocycles. The molecule has 15 heavy (non-hydrogen) atoms. The van der Waals surface area contributed by atoms with Gasteiger partial charge in [-0.2, -0.15) is 0 Å². The molecule has 0 N–H and O–H groups in total. The van der Waals surface area contributed by atoms with Crippen LogP contribution in [0.25, 0.3) is 0 Å². The van der Waals surface area contributed by atoms with Gasteiger partial charge in [-0.3, -0.25) is 0 Å². The molecule has 3 nitrogen and oxygen atoms in total. The van der Waals surface area contributed by atoms with Gasteiger partial charge in [-0.15, -0.1) is 5.10 Å². The first-order valence-electron chi connectivity index (χ1n) is 5.82. The maximum absolute atomic E-state index is 4.31. The normalized spacial score (nSPS) is 12.5. The van der Waals surface area contributed by atoms with Gasteiger partial charge in [0.05, 0.1) is 11.4 Å². The van der Waals surface area contributed by atoms with Crippen LogP contribution in [0.3, 0.4) is 0 Å². The van der Waals surface area contributed by atoms with Gasteiger partial charge >= 0.3 is 0 Å². The molecule has 0 spiro atoms. The molecule has 0 saturated carbocycles. The lowest BCUT2D eigenvalue weighted by Crippen LogP contribution is -2.21. The summed E-state index contributed by atoms with van der Waals surface area (Å²) in [6.07, 6.45) is 2.15. The van der Waals surface area contributed by atoms with E-state index in [0.29, 0.717) is 6.04 Å². The van der Waals surface area contributed by atoms with Crippen molar-refractivity contribution in [2.45, 2.75) is 65.8 Å². The van der Waals surface area contributed by atoms with Crippen LogP contribution in [0.2, 0.25) is 0 Å². The molecule has 1 aromatic heterocycles. The van der Waals surface area contributed by atoms with Gasteiger partial charge < -0.3 is 0 Å². The zero-order chi connectivity index (χ0) is 11.6. The number of aryl methyl sites for hydroxylation is 1. The monoisotopic (exact) mass is 209 g/mol. The van der Waals surface area contributed by atoms with Crippen LogP contribution >= 0.6 is 0 Å². The van der Waals surface area contributed by atoms with E-state index >= 15 is 0 Å². The van der Waals surface area contributed by atoms with Crippen molar-refractivity contribution in [1.29, 1.82) is 0 Å². The molecule has 1 heterocycles. The molecule has 0 unspecified atom stereocenters. The highest BCUT2D eigenvalue weighted by atomic mass is 15.4. The van der Waals surface area contributed by atoms with Gasteiger partial charge in [-0.25, -0.2) is 4.68 Å². The Hall–Kier alpha value is -0.860. The van der Waals surface area contributed by atoms with E-state index in [1.54, 1.807) is 0 Å². The minimum Gasteiger partial charge on any atom is -0.246 e. The van der Waals surface area contributed by atoms with Crippen molar-refractivity contribution in [3.63, 3.8) is 0 Å². The molecule has 1 rings (SSSR count). The number of hydrogen-bond donors (Lipinski definition) is 0. The van der Waals surface area contributed by atoms with Crippen molar-refractivity contribution in [2.24, 2.45) is 0 Å². The van der Waals surface area contributed by atoms with Crippen molar-refractivity contribution in [3.05, 3.63) is 11.4 Å². The molecule has 0 aliphatic carbocycles. The zero-order valence-corrected chi connectivity index (χ0v) is 10.8. The van der Waals surface area contributed by atoms with Gasteiger partial charge in [0.15, 0.2) is 0 Å². The summed E-state index contributed by atoms with van der Waals surface area (Å²) in [7, 11) is 0. The van der Waals surface area contributed by atoms with E-state index in [1.165, 1.54) is 11.4 Å². The predicted molar refractivity (Wildman–Crippen MR) is 63.1 cm³/mol. The second kappa shape index (κ2) is 4.33. The summed E-state index contributed by atoms with van der Waals surface area (Å²) in [5, 5.41) is 8.57. The maximum Gasteiger partial charge on any atom is 0.0864 e. The van der Waals surface area contributed by atoms with E-state index in [9.17, 15) is 0 Å². The molecule has 1 aromatic rings. The van der Waals surface area contributed by atoms with Crippen LogP contribution in [0.1, 0.15) is 65.4 Å². The molecule has 0 radical (unpaired) electrons. The summed E-state index contributed by atoms with van der Waals surface area (Å²) < 4.78 is 2.06. The third kappa shape index (κ3) is 2.58. The fraction of sp³-hybridized carbons (Fsp3) is 0.833. The third-order valence-electron chi connectivity index (χ3n) is 2.45. The van der Waals surface area contributed by atoms with Gasteiger partial charge in [0.25, 0.3) is 0 Å². The third-order valence-corrected chi connectivity index (χ3v) is 2.45. The zero-order valence-electron chi connectivity index (χ0n) is 10.8. The van der Waals surface area contributed by atoms with Crippen LogP contribution in [0.4, 0.5) is 0 Å². The lowest BCUT2D eigenvalue weighted by atomic mass is 9.89. The first-order valence-corrected chi connectivity index (χ1v) is 5.82. The van der Waals surface area contributed by atoms with Crippen LogP contribution in [0.5, 0.6) is 0 Å². The Balaban J connectivity index is 3.21. The fourth-order valence-electron chi connectivity index (χ4n) is 1.87. The molecule has 86 valence electrons. The Morgan fingerprint density at radius 2 is 1.87 bits per heavy atom. The summed E-state index contributed by atoms with van der Waals surface area (Å²) in [5.41, 5.74) is 2.58.